The summed E-state index contributed by atoms with van der Waals surface area (Å²) < 4.78 is 32.7. The second kappa shape index (κ2) is 6.38. The minimum absolute atomic E-state index is 0.125. The van der Waals surface area contributed by atoms with Crippen molar-refractivity contribution < 1.29 is 12.8 Å². The molecule has 7 heteroatoms. The molecular weight excluding hydrogens is 290 g/mol. The third-order valence-electron chi connectivity index (χ3n) is 3.20. The Labute approximate surface area is 124 Å². The van der Waals surface area contributed by atoms with Gasteiger partial charge in [-0.25, -0.2) is 13.1 Å². The van der Waals surface area contributed by atoms with Gasteiger partial charge in [0.2, 0.25) is 10.0 Å². The molecule has 0 radical (unpaired) electrons. The highest BCUT2D eigenvalue weighted by atomic mass is 32.2. The molecule has 0 bridgehead atoms. The molecule has 0 spiro atoms. The van der Waals surface area contributed by atoms with E-state index in [-0.39, 0.29) is 18.0 Å². The highest BCUT2D eigenvalue weighted by molar-refractivity contribution is 7.89. The van der Waals surface area contributed by atoms with Gasteiger partial charge >= 0.3 is 0 Å². The fraction of sp³-hybridized carbons (Fsp3) is 0.357. The van der Waals surface area contributed by atoms with Crippen molar-refractivity contribution in [2.24, 2.45) is 5.73 Å². The van der Waals surface area contributed by atoms with Crippen molar-refractivity contribution in [1.82, 2.24) is 9.71 Å². The fourth-order valence-corrected chi connectivity index (χ4v) is 3.72. The molecular formula is C14H19N3O3S. The van der Waals surface area contributed by atoms with Crippen LogP contribution in [-0.4, -0.2) is 19.9 Å². The molecule has 2 aromatic heterocycles. The number of nitrogens with one attached hydrogen (secondary N) is 1. The predicted molar refractivity (Wildman–Crippen MR) is 79.2 cm³/mol. The predicted octanol–water partition coefficient (Wildman–Crippen LogP) is 1.27. The van der Waals surface area contributed by atoms with Crippen LogP contribution in [0, 0.1) is 13.8 Å². The molecule has 3 N–H and O–H groups in total. The second-order valence-electron chi connectivity index (χ2n) is 4.70. The summed E-state index contributed by atoms with van der Waals surface area (Å²) in [6, 6.07) is 5.54. The van der Waals surface area contributed by atoms with Crippen LogP contribution < -0.4 is 10.5 Å². The number of pyridine rings is 1. The zero-order valence-electron chi connectivity index (χ0n) is 12.1. The van der Waals surface area contributed by atoms with Crippen molar-refractivity contribution in [2.45, 2.75) is 31.7 Å². The van der Waals surface area contributed by atoms with Gasteiger partial charge in [0.15, 0.2) is 0 Å². The van der Waals surface area contributed by atoms with E-state index in [4.69, 9.17) is 10.2 Å². The van der Waals surface area contributed by atoms with Gasteiger partial charge in [0.1, 0.15) is 16.4 Å². The maximum Gasteiger partial charge on any atom is 0.244 e. The number of hydrogen-bond acceptors (Lipinski definition) is 5. The van der Waals surface area contributed by atoms with Crippen LogP contribution in [0.5, 0.6) is 0 Å². The highest BCUT2D eigenvalue weighted by Gasteiger charge is 2.25. The first kappa shape index (κ1) is 15.7. The van der Waals surface area contributed by atoms with Crippen LogP contribution in [0.3, 0.4) is 0 Å². The number of aromatic nitrogens is 1. The van der Waals surface area contributed by atoms with Crippen LogP contribution in [0.15, 0.2) is 33.7 Å². The van der Waals surface area contributed by atoms with Crippen LogP contribution >= 0.6 is 0 Å². The Morgan fingerprint density at radius 3 is 2.67 bits per heavy atom. The maximum atomic E-state index is 12.4. The van der Waals surface area contributed by atoms with E-state index < -0.39 is 10.0 Å². The van der Waals surface area contributed by atoms with Gasteiger partial charge in [0, 0.05) is 37.0 Å². The Balaban J connectivity index is 2.12. The normalized spacial score (nSPS) is 11.8. The molecule has 0 aliphatic carbocycles. The number of furan rings is 1. The smallest absolute Gasteiger partial charge is 0.244 e. The topological polar surface area (TPSA) is 98.2 Å². The number of nitrogens with zero attached hydrogens (tertiary/aromatic N) is 1. The zero-order valence-corrected chi connectivity index (χ0v) is 12.9. The van der Waals surface area contributed by atoms with E-state index in [0.717, 1.165) is 5.69 Å². The monoisotopic (exact) mass is 309 g/mol. The molecule has 0 fully saturated rings. The Hall–Kier alpha value is -1.70. The Morgan fingerprint density at radius 2 is 2.05 bits per heavy atom. The summed E-state index contributed by atoms with van der Waals surface area (Å²) in [6.07, 6.45) is 2.20. The average molecular weight is 309 g/mol. The lowest BCUT2D eigenvalue weighted by Crippen LogP contribution is -2.27. The SMILES string of the molecule is Cc1oc(C)c(S(=O)(=O)NCCc2ccccn2)c1CN. The summed E-state index contributed by atoms with van der Waals surface area (Å²) in [5.74, 6) is 0.901. The number of sulfonamides is 1. The Bertz CT molecular complexity index is 709. The standard InChI is InChI=1S/C14H19N3O3S/c1-10-13(9-15)14(11(2)20-10)21(18,19)17-8-6-12-5-3-4-7-16-12/h3-5,7,17H,6,8-9,15H2,1-2H3. The van der Waals surface area contributed by atoms with E-state index in [1.165, 1.54) is 0 Å². The van der Waals surface area contributed by atoms with Crippen molar-refractivity contribution >= 4 is 10.0 Å². The quantitative estimate of drug-likeness (QED) is 0.837. The highest BCUT2D eigenvalue weighted by Crippen LogP contribution is 2.25. The van der Waals surface area contributed by atoms with Gasteiger partial charge < -0.3 is 10.2 Å². The van der Waals surface area contributed by atoms with Crippen molar-refractivity contribution in [2.75, 3.05) is 6.54 Å². The van der Waals surface area contributed by atoms with Crippen LogP contribution in [0.1, 0.15) is 22.8 Å². The third-order valence-corrected chi connectivity index (χ3v) is 4.85. The van der Waals surface area contributed by atoms with Gasteiger partial charge in [-0.15, -0.1) is 0 Å². The number of rotatable bonds is 6. The van der Waals surface area contributed by atoms with Crippen LogP contribution in [0.2, 0.25) is 0 Å². The van der Waals surface area contributed by atoms with Gasteiger partial charge in [-0.05, 0) is 26.0 Å². The molecule has 2 rings (SSSR count). The van der Waals surface area contributed by atoms with E-state index in [1.807, 2.05) is 18.2 Å². The molecule has 21 heavy (non-hydrogen) atoms. The summed E-state index contributed by atoms with van der Waals surface area (Å²) in [4.78, 5) is 4.31. The molecule has 0 unspecified atom stereocenters. The van der Waals surface area contributed by atoms with Crippen LogP contribution in [-0.2, 0) is 23.0 Å². The first-order valence-electron chi connectivity index (χ1n) is 6.64. The average Bonchev–Trinajstić information content (AvgIpc) is 2.74. The molecule has 0 saturated heterocycles. The summed E-state index contributed by atoms with van der Waals surface area (Å²) in [5, 5.41) is 0. The lowest BCUT2D eigenvalue weighted by molar-refractivity contribution is 0.494. The Morgan fingerprint density at radius 1 is 1.29 bits per heavy atom. The molecule has 0 amide bonds. The summed E-state index contributed by atoms with van der Waals surface area (Å²) in [7, 11) is -3.63. The fourth-order valence-electron chi connectivity index (χ4n) is 2.23. The van der Waals surface area contributed by atoms with E-state index in [1.54, 1.807) is 20.0 Å². The first-order valence-corrected chi connectivity index (χ1v) is 8.12. The van der Waals surface area contributed by atoms with Crippen molar-refractivity contribution in [3.05, 3.63) is 47.2 Å². The molecule has 0 atom stereocenters. The van der Waals surface area contributed by atoms with E-state index in [2.05, 4.69) is 9.71 Å². The van der Waals surface area contributed by atoms with Gasteiger partial charge in [-0.2, -0.15) is 0 Å². The Kier molecular flexibility index (Phi) is 4.76. The van der Waals surface area contributed by atoms with Crippen LogP contribution in [0.25, 0.3) is 0 Å². The first-order chi connectivity index (χ1) is 9.95. The third kappa shape index (κ3) is 3.49. The van der Waals surface area contributed by atoms with Crippen molar-refractivity contribution in [1.29, 1.82) is 0 Å². The van der Waals surface area contributed by atoms with Gasteiger partial charge in [0.25, 0.3) is 0 Å². The van der Waals surface area contributed by atoms with Gasteiger partial charge in [-0.1, -0.05) is 6.07 Å². The molecule has 0 aliphatic rings. The van der Waals surface area contributed by atoms with Crippen LogP contribution in [0.4, 0.5) is 0 Å². The largest absolute Gasteiger partial charge is 0.465 e. The molecule has 0 aliphatic heterocycles. The van der Waals surface area contributed by atoms with E-state index in [9.17, 15) is 8.42 Å². The second-order valence-corrected chi connectivity index (χ2v) is 6.40. The molecule has 6 nitrogen and oxygen atoms in total. The van der Waals surface area contributed by atoms with Crippen molar-refractivity contribution in [3.8, 4) is 0 Å². The molecule has 0 saturated carbocycles. The lowest BCUT2D eigenvalue weighted by atomic mass is 10.2. The maximum absolute atomic E-state index is 12.4. The molecule has 114 valence electrons. The lowest BCUT2D eigenvalue weighted by Gasteiger charge is -2.07. The van der Waals surface area contributed by atoms with Gasteiger partial charge in [-0.3, -0.25) is 4.98 Å². The number of nitrogens with two attached hydrogens (primary N) is 1. The van der Waals surface area contributed by atoms with E-state index in [0.29, 0.717) is 23.5 Å². The molecule has 2 heterocycles. The minimum Gasteiger partial charge on any atom is -0.465 e. The summed E-state index contributed by atoms with van der Waals surface area (Å²) in [6.45, 7) is 3.73. The van der Waals surface area contributed by atoms with E-state index >= 15 is 0 Å². The number of aryl methyl sites for hydroxylation is 2. The summed E-state index contributed by atoms with van der Waals surface area (Å²) >= 11 is 0. The molecule has 2 aromatic rings. The minimum atomic E-state index is -3.63. The van der Waals surface area contributed by atoms with Gasteiger partial charge in [0.05, 0.1) is 0 Å². The van der Waals surface area contributed by atoms with Crippen molar-refractivity contribution in [3.63, 3.8) is 0 Å². The molecule has 0 aromatic carbocycles. The zero-order chi connectivity index (χ0) is 15.5. The number of hydrogen-bond donors (Lipinski definition) is 2. The summed E-state index contributed by atoms with van der Waals surface area (Å²) in [5.41, 5.74) is 6.98.